The first-order chi connectivity index (χ1) is 10.4. The van der Waals surface area contributed by atoms with Crippen LogP contribution in [0, 0.1) is 0 Å². The van der Waals surface area contributed by atoms with Gasteiger partial charge in [-0.05, 0) is 46.6 Å². The Morgan fingerprint density at radius 2 is 2.09 bits per heavy atom. The molecule has 3 heterocycles. The van der Waals surface area contributed by atoms with E-state index in [1.165, 1.54) is 32.4 Å². The smallest absolute Gasteiger partial charge is 0.410 e. The number of rotatable bonds is 1. The molecule has 0 radical (unpaired) electrons. The van der Waals surface area contributed by atoms with Gasteiger partial charge in [-0.1, -0.05) is 0 Å². The molecule has 3 aliphatic heterocycles. The molecule has 3 aliphatic rings. The molecular weight excluding hydrogens is 280 g/mol. The Balaban J connectivity index is 1.54. The van der Waals surface area contributed by atoms with E-state index in [-0.39, 0.29) is 6.09 Å². The van der Waals surface area contributed by atoms with Crippen LogP contribution in [0.5, 0.6) is 0 Å². The summed E-state index contributed by atoms with van der Waals surface area (Å²) in [5, 5.41) is 3.60. The van der Waals surface area contributed by atoms with Crippen LogP contribution in [-0.4, -0.2) is 72.1 Å². The van der Waals surface area contributed by atoms with E-state index in [2.05, 4.69) is 15.2 Å². The number of nitrogens with zero attached hydrogens (tertiary/aromatic N) is 3. The molecule has 22 heavy (non-hydrogen) atoms. The van der Waals surface area contributed by atoms with Crippen molar-refractivity contribution in [3.8, 4) is 0 Å². The number of carbonyl (C=O) groups excluding carboxylic acids is 1. The van der Waals surface area contributed by atoms with E-state index in [4.69, 9.17) is 4.74 Å². The molecule has 3 rings (SSSR count). The van der Waals surface area contributed by atoms with Crippen LogP contribution < -0.4 is 5.32 Å². The van der Waals surface area contributed by atoms with E-state index >= 15 is 0 Å². The van der Waals surface area contributed by atoms with Gasteiger partial charge >= 0.3 is 6.09 Å². The maximum absolute atomic E-state index is 12.2. The van der Waals surface area contributed by atoms with Gasteiger partial charge in [0.2, 0.25) is 0 Å². The van der Waals surface area contributed by atoms with Gasteiger partial charge in [0.25, 0.3) is 0 Å². The third-order valence-electron chi connectivity index (χ3n) is 4.62. The quantitative estimate of drug-likeness (QED) is 0.797. The van der Waals surface area contributed by atoms with E-state index < -0.39 is 5.60 Å². The first kappa shape index (κ1) is 15.6. The van der Waals surface area contributed by atoms with Crippen LogP contribution in [0.2, 0.25) is 0 Å². The molecule has 0 aromatic heterocycles. The van der Waals surface area contributed by atoms with Crippen molar-refractivity contribution in [2.45, 2.75) is 57.7 Å². The van der Waals surface area contributed by atoms with Crippen molar-refractivity contribution >= 4 is 11.9 Å². The van der Waals surface area contributed by atoms with Crippen LogP contribution in [0.3, 0.4) is 0 Å². The van der Waals surface area contributed by atoms with Gasteiger partial charge in [-0.25, -0.2) is 4.79 Å². The van der Waals surface area contributed by atoms with Gasteiger partial charge in [0.05, 0.1) is 13.1 Å². The van der Waals surface area contributed by atoms with E-state index in [1.54, 1.807) is 4.90 Å². The van der Waals surface area contributed by atoms with Gasteiger partial charge in [-0.2, -0.15) is 0 Å². The fourth-order valence-corrected chi connectivity index (χ4v) is 3.65. The lowest BCUT2D eigenvalue weighted by atomic mass is 10.1. The second-order valence-electron chi connectivity index (χ2n) is 7.52. The Morgan fingerprint density at radius 1 is 1.27 bits per heavy atom. The number of amides is 1. The molecule has 2 unspecified atom stereocenters. The molecule has 124 valence electrons. The third kappa shape index (κ3) is 3.54. The highest BCUT2D eigenvalue weighted by atomic mass is 16.6. The Hall–Kier alpha value is -1.30. The van der Waals surface area contributed by atoms with Gasteiger partial charge in [-0.3, -0.25) is 14.8 Å². The lowest BCUT2D eigenvalue weighted by Gasteiger charge is -2.31. The SMILES string of the molecule is CC(C)(C)OC(=O)N1CCN=C(NC2CCN3CCCC23)C1. The predicted octanol–water partition coefficient (Wildman–Crippen LogP) is 1.46. The second-order valence-corrected chi connectivity index (χ2v) is 7.52. The highest BCUT2D eigenvalue weighted by Gasteiger charge is 2.38. The van der Waals surface area contributed by atoms with Crippen molar-refractivity contribution in [3.05, 3.63) is 0 Å². The van der Waals surface area contributed by atoms with Crippen molar-refractivity contribution in [1.29, 1.82) is 0 Å². The maximum atomic E-state index is 12.2. The zero-order chi connectivity index (χ0) is 15.7. The highest BCUT2D eigenvalue weighted by molar-refractivity contribution is 5.88. The van der Waals surface area contributed by atoms with Gasteiger partial charge in [0, 0.05) is 25.2 Å². The molecule has 2 saturated heterocycles. The van der Waals surface area contributed by atoms with Crippen molar-refractivity contribution in [2.75, 3.05) is 32.7 Å². The monoisotopic (exact) mass is 308 g/mol. The average molecular weight is 308 g/mol. The first-order valence-corrected chi connectivity index (χ1v) is 8.44. The number of nitrogens with one attached hydrogen (secondary N) is 1. The van der Waals surface area contributed by atoms with Gasteiger partial charge < -0.3 is 10.1 Å². The Kier molecular flexibility index (Phi) is 4.30. The van der Waals surface area contributed by atoms with Crippen LogP contribution in [0.15, 0.2) is 4.99 Å². The summed E-state index contributed by atoms with van der Waals surface area (Å²) in [5.74, 6) is 0.941. The minimum absolute atomic E-state index is 0.240. The number of amidine groups is 1. The molecular formula is C16H28N4O2. The number of aliphatic imine (C=N–C) groups is 1. The average Bonchev–Trinajstić information content (AvgIpc) is 3.02. The summed E-state index contributed by atoms with van der Waals surface area (Å²) >= 11 is 0. The molecule has 1 amide bonds. The summed E-state index contributed by atoms with van der Waals surface area (Å²) in [7, 11) is 0. The summed E-state index contributed by atoms with van der Waals surface area (Å²) < 4.78 is 5.46. The molecule has 2 atom stereocenters. The number of ether oxygens (including phenoxy) is 1. The number of fused-ring (bicyclic) bond motifs is 1. The molecule has 2 fully saturated rings. The van der Waals surface area contributed by atoms with Crippen LogP contribution in [-0.2, 0) is 4.74 Å². The van der Waals surface area contributed by atoms with E-state index in [0.717, 1.165) is 5.84 Å². The van der Waals surface area contributed by atoms with Gasteiger partial charge in [0.1, 0.15) is 11.4 Å². The Morgan fingerprint density at radius 3 is 2.86 bits per heavy atom. The summed E-state index contributed by atoms with van der Waals surface area (Å²) in [4.78, 5) is 21.1. The summed E-state index contributed by atoms with van der Waals surface area (Å²) in [6.45, 7) is 9.95. The van der Waals surface area contributed by atoms with E-state index in [9.17, 15) is 4.79 Å². The summed E-state index contributed by atoms with van der Waals surface area (Å²) in [6, 6.07) is 1.14. The highest BCUT2D eigenvalue weighted by Crippen LogP contribution is 2.28. The predicted molar refractivity (Wildman–Crippen MR) is 86.2 cm³/mol. The van der Waals surface area contributed by atoms with Crippen molar-refractivity contribution in [1.82, 2.24) is 15.1 Å². The third-order valence-corrected chi connectivity index (χ3v) is 4.62. The molecule has 6 nitrogen and oxygen atoms in total. The normalized spacial score (nSPS) is 29.2. The largest absolute Gasteiger partial charge is 0.444 e. The second kappa shape index (κ2) is 6.07. The molecule has 0 aliphatic carbocycles. The number of carbonyl (C=O) groups is 1. The number of hydrogen-bond donors (Lipinski definition) is 1. The summed E-state index contributed by atoms with van der Waals surface area (Å²) in [5.41, 5.74) is -0.449. The molecule has 1 N–H and O–H groups in total. The van der Waals surface area contributed by atoms with Crippen LogP contribution >= 0.6 is 0 Å². The van der Waals surface area contributed by atoms with Crippen molar-refractivity contribution in [2.24, 2.45) is 4.99 Å². The topological polar surface area (TPSA) is 57.2 Å². The lowest BCUT2D eigenvalue weighted by molar-refractivity contribution is 0.0276. The minimum Gasteiger partial charge on any atom is -0.444 e. The van der Waals surface area contributed by atoms with Crippen molar-refractivity contribution < 1.29 is 9.53 Å². The molecule has 0 aromatic rings. The van der Waals surface area contributed by atoms with E-state index in [0.29, 0.717) is 31.7 Å². The van der Waals surface area contributed by atoms with Crippen molar-refractivity contribution in [3.63, 3.8) is 0 Å². The van der Waals surface area contributed by atoms with Gasteiger partial charge in [0.15, 0.2) is 0 Å². The molecule has 0 bridgehead atoms. The zero-order valence-corrected chi connectivity index (χ0v) is 14.0. The van der Waals surface area contributed by atoms with Crippen LogP contribution in [0.25, 0.3) is 0 Å². The Bertz CT molecular complexity index is 458. The fourth-order valence-electron chi connectivity index (χ4n) is 3.65. The number of hydrogen-bond acceptors (Lipinski definition) is 5. The standard InChI is InChI=1S/C16H28N4O2/c1-16(2,3)22-15(21)20-10-7-17-14(11-20)18-12-6-9-19-8-4-5-13(12)19/h12-13H,4-11H2,1-3H3,(H,17,18). The Labute approximate surface area is 132 Å². The summed E-state index contributed by atoms with van der Waals surface area (Å²) in [6.07, 6.45) is 3.52. The fraction of sp³-hybridized carbons (Fsp3) is 0.875. The minimum atomic E-state index is -0.449. The van der Waals surface area contributed by atoms with Crippen LogP contribution in [0.1, 0.15) is 40.0 Å². The molecule has 0 saturated carbocycles. The van der Waals surface area contributed by atoms with Crippen LogP contribution in [0.4, 0.5) is 4.79 Å². The molecule has 0 spiro atoms. The zero-order valence-electron chi connectivity index (χ0n) is 14.0. The first-order valence-electron chi connectivity index (χ1n) is 8.44. The van der Waals surface area contributed by atoms with Gasteiger partial charge in [-0.15, -0.1) is 0 Å². The molecule has 6 heteroatoms. The molecule has 0 aromatic carbocycles. The lowest BCUT2D eigenvalue weighted by Crippen LogP contribution is -2.51. The maximum Gasteiger partial charge on any atom is 0.410 e. The van der Waals surface area contributed by atoms with E-state index in [1.807, 2.05) is 20.8 Å².